The number of nitrogens with one attached hydrogen (secondary N) is 1. The summed E-state index contributed by atoms with van der Waals surface area (Å²) in [5, 5.41) is 13.0. The maximum atomic E-state index is 12.1. The van der Waals surface area contributed by atoms with Crippen LogP contribution in [-0.2, 0) is 0 Å². The Kier molecular flexibility index (Phi) is 4.87. The topological polar surface area (TPSA) is 65.5 Å². The van der Waals surface area contributed by atoms with Crippen molar-refractivity contribution < 1.29 is 9.90 Å². The molecule has 0 saturated carbocycles. The maximum Gasteiger partial charge on any atom is 0.270 e. The molecule has 0 aliphatic carbocycles. The van der Waals surface area contributed by atoms with Crippen LogP contribution in [0.3, 0.4) is 0 Å². The molecule has 2 rings (SSSR count). The lowest BCUT2D eigenvalue weighted by atomic mass is 10.1. The van der Waals surface area contributed by atoms with Crippen LogP contribution in [0, 0.1) is 0 Å². The molecule has 5 heteroatoms. The second-order valence-electron chi connectivity index (χ2n) is 4.90. The van der Waals surface area contributed by atoms with Gasteiger partial charge in [0.15, 0.2) is 0 Å². The molecule has 1 aromatic rings. The number of aromatic nitrogens is 1. The van der Waals surface area contributed by atoms with E-state index in [2.05, 4.69) is 22.1 Å². The molecule has 1 aliphatic heterocycles. The Morgan fingerprint density at radius 1 is 1.58 bits per heavy atom. The fourth-order valence-electron chi connectivity index (χ4n) is 2.38. The average molecular weight is 263 g/mol. The van der Waals surface area contributed by atoms with Gasteiger partial charge >= 0.3 is 0 Å². The fourth-order valence-corrected chi connectivity index (χ4v) is 2.38. The van der Waals surface area contributed by atoms with Gasteiger partial charge in [0.25, 0.3) is 5.91 Å². The van der Waals surface area contributed by atoms with Crippen LogP contribution >= 0.6 is 0 Å². The summed E-state index contributed by atoms with van der Waals surface area (Å²) in [6.45, 7) is 4.69. The summed E-state index contributed by atoms with van der Waals surface area (Å²) in [4.78, 5) is 18.3. The smallest absolute Gasteiger partial charge is 0.270 e. The molecule has 104 valence electrons. The second-order valence-corrected chi connectivity index (χ2v) is 4.90. The highest BCUT2D eigenvalue weighted by Crippen LogP contribution is 2.12. The van der Waals surface area contributed by atoms with Gasteiger partial charge in [-0.3, -0.25) is 9.78 Å². The highest BCUT2D eigenvalue weighted by molar-refractivity contribution is 5.92. The van der Waals surface area contributed by atoms with Gasteiger partial charge in [-0.05, 0) is 38.1 Å². The van der Waals surface area contributed by atoms with E-state index in [0.717, 1.165) is 25.9 Å². The Balaban J connectivity index is 2.01. The standard InChI is InChI=1S/C14H21N3O2/c1-2-17-9-5-7-13(18)12(10-17)16-14(19)11-6-3-4-8-15-11/h3-4,6,8,12-13,18H,2,5,7,9-10H2,1H3,(H,16,19). The molecule has 19 heavy (non-hydrogen) atoms. The number of hydrogen-bond acceptors (Lipinski definition) is 4. The minimum Gasteiger partial charge on any atom is -0.391 e. The van der Waals surface area contributed by atoms with Gasteiger partial charge in [0.1, 0.15) is 5.69 Å². The zero-order valence-corrected chi connectivity index (χ0v) is 11.2. The first-order chi connectivity index (χ1) is 9.20. The van der Waals surface area contributed by atoms with Gasteiger partial charge in [-0.15, -0.1) is 0 Å². The third-order valence-electron chi connectivity index (χ3n) is 3.55. The SMILES string of the molecule is CCN1CCCC(O)C(NC(=O)c2ccccn2)C1. The van der Waals surface area contributed by atoms with Crippen molar-refractivity contribution in [2.75, 3.05) is 19.6 Å². The van der Waals surface area contributed by atoms with Crippen molar-refractivity contribution in [1.82, 2.24) is 15.2 Å². The zero-order chi connectivity index (χ0) is 13.7. The molecule has 2 N–H and O–H groups in total. The summed E-state index contributed by atoms with van der Waals surface area (Å²) in [5.41, 5.74) is 0.391. The van der Waals surface area contributed by atoms with E-state index in [1.807, 2.05) is 0 Å². The van der Waals surface area contributed by atoms with Crippen LogP contribution in [0.25, 0.3) is 0 Å². The number of carbonyl (C=O) groups is 1. The third kappa shape index (κ3) is 3.75. The van der Waals surface area contributed by atoms with Gasteiger partial charge in [-0.2, -0.15) is 0 Å². The first-order valence-corrected chi connectivity index (χ1v) is 6.83. The Labute approximate surface area is 113 Å². The average Bonchev–Trinajstić information content (AvgIpc) is 2.62. The van der Waals surface area contributed by atoms with Crippen LogP contribution in [-0.4, -0.2) is 52.7 Å². The molecule has 0 spiro atoms. The van der Waals surface area contributed by atoms with Crippen molar-refractivity contribution in [3.05, 3.63) is 30.1 Å². The minimum absolute atomic E-state index is 0.220. The molecule has 0 radical (unpaired) electrons. The molecular weight excluding hydrogens is 242 g/mol. The van der Waals surface area contributed by atoms with Gasteiger partial charge < -0.3 is 15.3 Å². The largest absolute Gasteiger partial charge is 0.391 e. The number of likely N-dealkylation sites (N-methyl/N-ethyl adjacent to an activating group) is 1. The summed E-state index contributed by atoms with van der Waals surface area (Å²) < 4.78 is 0. The van der Waals surface area contributed by atoms with E-state index in [-0.39, 0.29) is 11.9 Å². The molecule has 2 unspecified atom stereocenters. The predicted molar refractivity (Wildman–Crippen MR) is 72.8 cm³/mol. The molecule has 2 heterocycles. The second kappa shape index (κ2) is 6.63. The van der Waals surface area contributed by atoms with Crippen molar-refractivity contribution in [2.45, 2.75) is 31.9 Å². The van der Waals surface area contributed by atoms with Crippen LogP contribution in [0.5, 0.6) is 0 Å². The normalized spacial score (nSPS) is 24.7. The quantitative estimate of drug-likeness (QED) is 0.840. The molecule has 1 amide bonds. The predicted octanol–water partition coefficient (Wildman–Crippen LogP) is 0.657. The Morgan fingerprint density at radius 2 is 2.42 bits per heavy atom. The third-order valence-corrected chi connectivity index (χ3v) is 3.55. The van der Waals surface area contributed by atoms with Crippen LogP contribution in [0.4, 0.5) is 0 Å². The number of pyridine rings is 1. The van der Waals surface area contributed by atoms with Crippen LogP contribution in [0.15, 0.2) is 24.4 Å². The van der Waals surface area contributed by atoms with Crippen LogP contribution in [0.2, 0.25) is 0 Å². The van der Waals surface area contributed by atoms with Gasteiger partial charge in [0.05, 0.1) is 12.1 Å². The summed E-state index contributed by atoms with van der Waals surface area (Å²) >= 11 is 0. The number of aliphatic hydroxyl groups excluding tert-OH is 1. The molecule has 1 aliphatic rings. The van der Waals surface area contributed by atoms with Crippen molar-refractivity contribution >= 4 is 5.91 Å². The number of carbonyl (C=O) groups excluding carboxylic acids is 1. The zero-order valence-electron chi connectivity index (χ0n) is 11.2. The van der Waals surface area contributed by atoms with Crippen LogP contribution in [0.1, 0.15) is 30.3 Å². The van der Waals surface area contributed by atoms with Crippen molar-refractivity contribution in [1.29, 1.82) is 0 Å². The molecule has 0 bridgehead atoms. The molecular formula is C14H21N3O2. The first kappa shape index (κ1) is 14.0. The summed E-state index contributed by atoms with van der Waals surface area (Å²) in [6, 6.07) is 5.01. The van der Waals surface area contributed by atoms with Gasteiger partial charge in [0.2, 0.25) is 0 Å². The summed E-state index contributed by atoms with van der Waals surface area (Å²) in [7, 11) is 0. The van der Waals surface area contributed by atoms with E-state index in [0.29, 0.717) is 12.2 Å². The molecule has 1 fully saturated rings. The van der Waals surface area contributed by atoms with E-state index < -0.39 is 6.10 Å². The molecule has 1 aromatic heterocycles. The lowest BCUT2D eigenvalue weighted by Crippen LogP contribution is -2.48. The monoisotopic (exact) mass is 263 g/mol. The maximum absolute atomic E-state index is 12.1. The lowest BCUT2D eigenvalue weighted by Gasteiger charge is -2.25. The van der Waals surface area contributed by atoms with Gasteiger partial charge in [0, 0.05) is 12.7 Å². The number of hydrogen-bond donors (Lipinski definition) is 2. The van der Waals surface area contributed by atoms with Crippen molar-refractivity contribution in [3.63, 3.8) is 0 Å². The van der Waals surface area contributed by atoms with Crippen LogP contribution < -0.4 is 5.32 Å². The minimum atomic E-state index is -0.482. The molecule has 1 saturated heterocycles. The summed E-state index contributed by atoms with van der Waals surface area (Å²) in [6.07, 6.45) is 2.80. The highest BCUT2D eigenvalue weighted by atomic mass is 16.3. The lowest BCUT2D eigenvalue weighted by molar-refractivity contribution is 0.0798. The number of aliphatic hydroxyl groups is 1. The first-order valence-electron chi connectivity index (χ1n) is 6.83. The molecule has 5 nitrogen and oxygen atoms in total. The van der Waals surface area contributed by atoms with E-state index >= 15 is 0 Å². The Hall–Kier alpha value is -1.46. The summed E-state index contributed by atoms with van der Waals surface area (Å²) in [5.74, 6) is -0.220. The van der Waals surface area contributed by atoms with E-state index in [4.69, 9.17) is 0 Å². The van der Waals surface area contributed by atoms with E-state index in [9.17, 15) is 9.90 Å². The molecule has 0 aromatic carbocycles. The van der Waals surface area contributed by atoms with E-state index in [1.165, 1.54) is 0 Å². The van der Waals surface area contributed by atoms with E-state index in [1.54, 1.807) is 24.4 Å². The van der Waals surface area contributed by atoms with Crippen molar-refractivity contribution in [2.24, 2.45) is 0 Å². The number of nitrogens with zero attached hydrogens (tertiary/aromatic N) is 2. The fraction of sp³-hybridized carbons (Fsp3) is 0.571. The number of rotatable bonds is 3. The Bertz CT molecular complexity index is 410. The highest BCUT2D eigenvalue weighted by Gasteiger charge is 2.26. The van der Waals surface area contributed by atoms with Gasteiger partial charge in [-0.25, -0.2) is 0 Å². The van der Waals surface area contributed by atoms with Crippen molar-refractivity contribution in [3.8, 4) is 0 Å². The Morgan fingerprint density at radius 3 is 3.11 bits per heavy atom. The van der Waals surface area contributed by atoms with Gasteiger partial charge in [-0.1, -0.05) is 13.0 Å². The molecule has 2 atom stereocenters. The number of likely N-dealkylation sites (tertiary alicyclic amines) is 1. The number of amides is 1.